The fourth-order valence-electron chi connectivity index (χ4n) is 1.91. The van der Waals surface area contributed by atoms with Crippen LogP contribution in [0.25, 0.3) is 0 Å². The van der Waals surface area contributed by atoms with Crippen molar-refractivity contribution < 1.29 is 24.5 Å². The lowest BCUT2D eigenvalue weighted by Gasteiger charge is -2.37. The van der Waals surface area contributed by atoms with Gasteiger partial charge in [0.2, 0.25) is 5.79 Å². The van der Waals surface area contributed by atoms with Gasteiger partial charge in [0.05, 0.1) is 13.2 Å². The lowest BCUT2D eigenvalue weighted by molar-refractivity contribution is -0.243. The molecule has 0 amide bonds. The van der Waals surface area contributed by atoms with Crippen LogP contribution in [0.3, 0.4) is 0 Å². The van der Waals surface area contributed by atoms with E-state index in [1.54, 1.807) is 0 Å². The van der Waals surface area contributed by atoms with Crippen molar-refractivity contribution in [2.45, 2.75) is 44.8 Å². The van der Waals surface area contributed by atoms with Crippen molar-refractivity contribution in [3.05, 3.63) is 0 Å². The van der Waals surface area contributed by atoms with Gasteiger partial charge in [0.25, 0.3) is 0 Å². The van der Waals surface area contributed by atoms with Crippen molar-refractivity contribution >= 4 is 5.97 Å². The Hall–Kier alpha value is -0.650. The molecule has 1 aliphatic carbocycles. The Morgan fingerprint density at radius 3 is 2.18 bits per heavy atom. The predicted molar refractivity (Wildman–Crippen MR) is 61.2 cm³/mol. The number of methoxy groups -OCH3 is 1. The third-order valence-electron chi connectivity index (χ3n) is 3.46. The second-order valence-corrected chi connectivity index (χ2v) is 4.94. The number of esters is 1. The van der Waals surface area contributed by atoms with Gasteiger partial charge in [-0.15, -0.1) is 0 Å². The van der Waals surface area contributed by atoms with E-state index < -0.39 is 30.4 Å². The van der Waals surface area contributed by atoms with Gasteiger partial charge in [-0.1, -0.05) is 6.42 Å². The van der Waals surface area contributed by atoms with Gasteiger partial charge in [0, 0.05) is 20.0 Å². The highest BCUT2D eigenvalue weighted by Gasteiger charge is 2.42. The molecule has 0 bridgehead atoms. The van der Waals surface area contributed by atoms with E-state index in [4.69, 9.17) is 19.7 Å². The molecule has 1 rings (SSSR count). The van der Waals surface area contributed by atoms with E-state index >= 15 is 0 Å². The van der Waals surface area contributed by atoms with Crippen LogP contribution >= 0.6 is 0 Å². The van der Waals surface area contributed by atoms with E-state index in [2.05, 4.69) is 0 Å². The number of carbonyl (C=O) groups is 1. The van der Waals surface area contributed by atoms with Crippen molar-refractivity contribution in [2.24, 2.45) is 5.41 Å². The number of rotatable bonds is 5. The third-order valence-corrected chi connectivity index (χ3v) is 3.46. The zero-order valence-electron chi connectivity index (χ0n) is 10.6. The van der Waals surface area contributed by atoms with Crippen LogP contribution in [0, 0.1) is 5.41 Å². The first kappa shape index (κ1) is 14.4. The van der Waals surface area contributed by atoms with E-state index in [1.807, 2.05) is 0 Å². The minimum Gasteiger partial charge on any atom is -0.433 e. The minimum atomic E-state index is -1.26. The van der Waals surface area contributed by atoms with E-state index in [-0.39, 0.29) is 0 Å². The van der Waals surface area contributed by atoms with Crippen LogP contribution in [0.4, 0.5) is 0 Å². The maximum Gasteiger partial charge on any atom is 0.319 e. The molecule has 1 saturated carbocycles. The Bertz CT molecular complexity index is 254. The number of hydrogen-bond acceptors (Lipinski definition) is 5. The van der Waals surface area contributed by atoms with Crippen LogP contribution in [-0.4, -0.2) is 42.3 Å². The van der Waals surface area contributed by atoms with Gasteiger partial charge < -0.3 is 19.7 Å². The van der Waals surface area contributed by atoms with E-state index in [0.717, 1.165) is 19.3 Å². The molecule has 0 radical (unpaired) electrons. The van der Waals surface area contributed by atoms with Gasteiger partial charge in [0.15, 0.2) is 0 Å². The summed E-state index contributed by atoms with van der Waals surface area (Å²) in [5, 5.41) is 18.3. The molecule has 1 fully saturated rings. The summed E-state index contributed by atoms with van der Waals surface area (Å²) in [4.78, 5) is 11.9. The maximum absolute atomic E-state index is 11.9. The van der Waals surface area contributed by atoms with Gasteiger partial charge in [-0.2, -0.15) is 0 Å². The van der Waals surface area contributed by atoms with Crippen LogP contribution < -0.4 is 0 Å². The molecule has 17 heavy (non-hydrogen) atoms. The molecule has 0 unspecified atom stereocenters. The zero-order valence-corrected chi connectivity index (χ0v) is 10.6. The summed E-state index contributed by atoms with van der Waals surface area (Å²) in [5.74, 6) is -1.48. The Labute approximate surface area is 102 Å². The van der Waals surface area contributed by atoms with Gasteiger partial charge in [0.1, 0.15) is 5.41 Å². The SMILES string of the molecule is COC1(OC(=O)C(C)(CO)CO)CCCCC1. The summed E-state index contributed by atoms with van der Waals surface area (Å²) in [6.45, 7) is 0.589. The first-order valence-electron chi connectivity index (χ1n) is 6.02. The molecule has 2 N–H and O–H groups in total. The van der Waals surface area contributed by atoms with Crippen molar-refractivity contribution in [3.8, 4) is 0 Å². The lowest BCUT2D eigenvalue weighted by Crippen LogP contribution is -2.46. The standard InChI is InChI=1S/C12H22O5/c1-11(8-13,9-14)10(15)17-12(16-2)6-4-3-5-7-12/h13-14H,3-9H2,1-2H3. The molecule has 0 spiro atoms. The predicted octanol–water partition coefficient (Wildman–Crippen LogP) is 0.827. The van der Waals surface area contributed by atoms with Crippen LogP contribution in [-0.2, 0) is 14.3 Å². The molecule has 1 aliphatic rings. The summed E-state index contributed by atoms with van der Waals surface area (Å²) in [6, 6.07) is 0. The molecule has 100 valence electrons. The van der Waals surface area contributed by atoms with E-state index in [1.165, 1.54) is 14.0 Å². The smallest absolute Gasteiger partial charge is 0.319 e. The Morgan fingerprint density at radius 2 is 1.76 bits per heavy atom. The fourth-order valence-corrected chi connectivity index (χ4v) is 1.91. The summed E-state index contributed by atoms with van der Waals surface area (Å²) in [7, 11) is 1.52. The van der Waals surface area contributed by atoms with Crippen molar-refractivity contribution in [1.82, 2.24) is 0 Å². The molecule has 0 aromatic heterocycles. The van der Waals surface area contributed by atoms with Gasteiger partial charge in [-0.05, 0) is 19.8 Å². The first-order valence-corrected chi connectivity index (χ1v) is 6.02. The molecule has 0 saturated heterocycles. The fraction of sp³-hybridized carbons (Fsp3) is 0.917. The number of hydrogen-bond donors (Lipinski definition) is 2. The largest absolute Gasteiger partial charge is 0.433 e. The Morgan fingerprint density at radius 1 is 1.24 bits per heavy atom. The normalized spacial score (nSPS) is 20.0. The second kappa shape index (κ2) is 5.80. The Kier molecular flexibility index (Phi) is 4.91. The molecule has 0 aliphatic heterocycles. The van der Waals surface area contributed by atoms with Gasteiger partial charge >= 0.3 is 5.97 Å². The third kappa shape index (κ3) is 3.18. The summed E-state index contributed by atoms with van der Waals surface area (Å²) < 4.78 is 10.7. The van der Waals surface area contributed by atoms with Crippen molar-refractivity contribution in [1.29, 1.82) is 0 Å². The van der Waals surface area contributed by atoms with Crippen LogP contribution in [0.2, 0.25) is 0 Å². The topological polar surface area (TPSA) is 76.0 Å². The first-order chi connectivity index (χ1) is 8.02. The summed E-state index contributed by atoms with van der Waals surface area (Å²) in [6.07, 6.45) is 4.36. The molecule has 0 atom stereocenters. The van der Waals surface area contributed by atoms with Gasteiger partial charge in [-0.25, -0.2) is 0 Å². The average Bonchev–Trinajstić information content (AvgIpc) is 2.38. The molecule has 0 aromatic carbocycles. The zero-order chi connectivity index (χ0) is 12.9. The van der Waals surface area contributed by atoms with Crippen LogP contribution in [0.5, 0.6) is 0 Å². The average molecular weight is 246 g/mol. The molecule has 0 aromatic rings. The molecule has 5 nitrogen and oxygen atoms in total. The minimum absolute atomic E-state index is 0.442. The van der Waals surface area contributed by atoms with Crippen LogP contribution in [0.15, 0.2) is 0 Å². The Balaban J connectivity index is 2.70. The van der Waals surface area contributed by atoms with E-state index in [9.17, 15) is 4.79 Å². The second-order valence-electron chi connectivity index (χ2n) is 4.94. The number of aliphatic hydroxyl groups is 2. The van der Waals surface area contributed by atoms with E-state index in [0.29, 0.717) is 12.8 Å². The highest BCUT2D eigenvalue weighted by molar-refractivity contribution is 5.77. The number of ether oxygens (including phenoxy) is 2. The highest BCUT2D eigenvalue weighted by atomic mass is 16.7. The number of aliphatic hydroxyl groups excluding tert-OH is 2. The summed E-state index contributed by atoms with van der Waals surface area (Å²) in [5.41, 5.74) is -1.26. The van der Waals surface area contributed by atoms with Crippen molar-refractivity contribution in [3.63, 3.8) is 0 Å². The van der Waals surface area contributed by atoms with Crippen LogP contribution in [0.1, 0.15) is 39.0 Å². The maximum atomic E-state index is 11.9. The summed E-state index contributed by atoms with van der Waals surface area (Å²) >= 11 is 0. The monoisotopic (exact) mass is 246 g/mol. The molecule has 0 heterocycles. The quantitative estimate of drug-likeness (QED) is 0.555. The molecule has 5 heteroatoms. The number of carbonyl (C=O) groups excluding carboxylic acids is 1. The van der Waals surface area contributed by atoms with Gasteiger partial charge in [-0.3, -0.25) is 4.79 Å². The lowest BCUT2D eigenvalue weighted by atomic mass is 9.91. The molecular weight excluding hydrogens is 224 g/mol. The highest BCUT2D eigenvalue weighted by Crippen LogP contribution is 2.34. The molecular formula is C12H22O5. The van der Waals surface area contributed by atoms with Crippen molar-refractivity contribution in [2.75, 3.05) is 20.3 Å².